The predicted molar refractivity (Wildman–Crippen MR) is 150 cm³/mol. The quantitative estimate of drug-likeness (QED) is 0.378. The normalized spacial score (nSPS) is 20.1. The van der Waals surface area contributed by atoms with Gasteiger partial charge in [-0.3, -0.25) is 9.69 Å². The van der Waals surface area contributed by atoms with Crippen LogP contribution in [0.15, 0.2) is 78.9 Å². The number of rotatable bonds is 10. The number of quaternary nitrogens is 1. The lowest BCUT2D eigenvalue weighted by molar-refractivity contribution is -0.915. The Kier molecular flexibility index (Phi) is 8.64. The molecule has 0 aromatic heterocycles. The molecule has 3 aromatic rings. The van der Waals surface area contributed by atoms with Gasteiger partial charge in [0.1, 0.15) is 31.5 Å². The van der Waals surface area contributed by atoms with Crippen LogP contribution in [0.2, 0.25) is 0 Å². The molecule has 2 saturated heterocycles. The number of aliphatic hydroxyl groups is 1. The van der Waals surface area contributed by atoms with E-state index >= 15 is 0 Å². The summed E-state index contributed by atoms with van der Waals surface area (Å²) in [6.07, 6.45) is -1.27. The van der Waals surface area contributed by atoms with Crippen molar-refractivity contribution in [1.82, 2.24) is 5.32 Å². The van der Waals surface area contributed by atoms with Crippen LogP contribution in [-0.4, -0.2) is 80.7 Å². The van der Waals surface area contributed by atoms with Crippen molar-refractivity contribution in [1.29, 1.82) is 0 Å². The van der Waals surface area contributed by atoms with Crippen molar-refractivity contribution in [3.8, 4) is 5.75 Å². The third-order valence-corrected chi connectivity index (χ3v) is 7.62. The standard InChI is InChI=1S/C31H35N3O6/c1-34(17-19-38-20-18-34)16-15-32-30(36)25-7-11-26(12-8-25)33-29(28(21-35)40-31(33)37)24-9-13-27(14-10-24)39-22-23-5-3-2-4-6-23/h2-14,28-29,35H,15-22H2,1H3/p+1. The van der Waals surface area contributed by atoms with Gasteiger partial charge in [-0.15, -0.1) is 0 Å². The van der Waals surface area contributed by atoms with E-state index in [0.29, 0.717) is 30.2 Å². The lowest BCUT2D eigenvalue weighted by Gasteiger charge is -2.37. The smallest absolute Gasteiger partial charge is 0.415 e. The number of aliphatic hydroxyl groups excluding tert-OH is 1. The molecule has 3 aromatic carbocycles. The first-order valence-electron chi connectivity index (χ1n) is 13.6. The Hall–Kier alpha value is -3.92. The Balaban J connectivity index is 1.24. The number of carbonyl (C=O) groups is 2. The van der Waals surface area contributed by atoms with E-state index in [1.165, 1.54) is 4.90 Å². The first-order valence-corrected chi connectivity index (χ1v) is 13.6. The van der Waals surface area contributed by atoms with Crippen LogP contribution in [0.5, 0.6) is 5.75 Å². The zero-order valence-corrected chi connectivity index (χ0v) is 22.7. The SMILES string of the molecule is C[N+]1(CCNC(=O)c2ccc(N3C(=O)OC(CO)C3c3ccc(OCc4ccccc4)cc3)cc2)CCOCC1. The van der Waals surface area contributed by atoms with Gasteiger partial charge in [0.15, 0.2) is 6.10 Å². The fraction of sp³-hybridized carbons (Fsp3) is 0.355. The molecule has 5 rings (SSSR count). The predicted octanol–water partition coefficient (Wildman–Crippen LogP) is 3.53. The molecule has 210 valence electrons. The molecular formula is C31H36N3O6+. The summed E-state index contributed by atoms with van der Waals surface area (Å²) >= 11 is 0. The fourth-order valence-corrected chi connectivity index (χ4v) is 5.12. The number of likely N-dealkylation sites (N-methyl/N-ethyl adjacent to an activating group) is 1. The summed E-state index contributed by atoms with van der Waals surface area (Å²) in [6.45, 7) is 4.91. The van der Waals surface area contributed by atoms with Crippen LogP contribution in [0.4, 0.5) is 10.5 Å². The first kappa shape index (κ1) is 27.6. The van der Waals surface area contributed by atoms with Crippen LogP contribution in [-0.2, 0) is 16.1 Å². The van der Waals surface area contributed by atoms with E-state index in [0.717, 1.165) is 48.5 Å². The molecule has 2 unspecified atom stereocenters. The molecule has 40 heavy (non-hydrogen) atoms. The maximum atomic E-state index is 12.9. The van der Waals surface area contributed by atoms with Crippen LogP contribution in [0.3, 0.4) is 0 Å². The first-order chi connectivity index (χ1) is 19.5. The molecular weight excluding hydrogens is 510 g/mol. The number of ether oxygens (including phenoxy) is 3. The summed E-state index contributed by atoms with van der Waals surface area (Å²) in [4.78, 5) is 27.1. The van der Waals surface area contributed by atoms with Crippen molar-refractivity contribution >= 4 is 17.7 Å². The molecule has 0 aliphatic carbocycles. The maximum absolute atomic E-state index is 12.9. The average Bonchev–Trinajstić information content (AvgIpc) is 3.33. The number of benzene rings is 3. The zero-order chi connectivity index (χ0) is 28.0. The van der Waals surface area contributed by atoms with E-state index in [-0.39, 0.29) is 12.5 Å². The molecule has 0 spiro atoms. The van der Waals surface area contributed by atoms with E-state index in [2.05, 4.69) is 12.4 Å². The number of anilines is 1. The third-order valence-electron chi connectivity index (χ3n) is 7.62. The Bertz CT molecular complexity index is 1280. The monoisotopic (exact) mass is 546 g/mol. The van der Waals surface area contributed by atoms with Crippen molar-refractivity contribution < 1.29 is 33.4 Å². The molecule has 2 aliphatic heterocycles. The molecule has 2 N–H and O–H groups in total. The van der Waals surface area contributed by atoms with Gasteiger partial charge in [0.05, 0.1) is 40.0 Å². The Morgan fingerprint density at radius 2 is 1.73 bits per heavy atom. The van der Waals surface area contributed by atoms with Crippen molar-refractivity contribution in [2.24, 2.45) is 0 Å². The minimum atomic E-state index is -0.726. The molecule has 9 nitrogen and oxygen atoms in total. The van der Waals surface area contributed by atoms with Crippen molar-refractivity contribution in [3.63, 3.8) is 0 Å². The highest BCUT2D eigenvalue weighted by Crippen LogP contribution is 2.38. The second kappa shape index (κ2) is 12.5. The summed E-state index contributed by atoms with van der Waals surface area (Å²) < 4.78 is 17.7. The van der Waals surface area contributed by atoms with Gasteiger partial charge in [0, 0.05) is 11.3 Å². The summed E-state index contributed by atoms with van der Waals surface area (Å²) in [5.41, 5.74) is 2.96. The molecule has 0 saturated carbocycles. The van der Waals surface area contributed by atoms with Gasteiger partial charge in [-0.25, -0.2) is 4.79 Å². The molecule has 2 aliphatic rings. The molecule has 0 bridgehead atoms. The Morgan fingerprint density at radius 3 is 2.40 bits per heavy atom. The van der Waals surface area contributed by atoms with Gasteiger partial charge >= 0.3 is 6.09 Å². The summed E-state index contributed by atoms with van der Waals surface area (Å²) in [5.74, 6) is 0.538. The minimum absolute atomic E-state index is 0.161. The number of nitrogens with one attached hydrogen (secondary N) is 1. The van der Waals surface area contributed by atoms with Gasteiger partial charge in [-0.05, 0) is 47.5 Å². The van der Waals surface area contributed by atoms with E-state index in [1.54, 1.807) is 24.3 Å². The highest BCUT2D eigenvalue weighted by molar-refractivity contribution is 5.96. The van der Waals surface area contributed by atoms with Gasteiger partial charge in [0.25, 0.3) is 5.91 Å². The minimum Gasteiger partial charge on any atom is -0.489 e. The third kappa shape index (κ3) is 6.44. The molecule has 2 fully saturated rings. The van der Waals surface area contributed by atoms with E-state index in [1.807, 2.05) is 54.6 Å². The summed E-state index contributed by atoms with van der Waals surface area (Å²) in [5, 5.41) is 13.0. The van der Waals surface area contributed by atoms with Gasteiger partial charge in [-0.2, -0.15) is 0 Å². The second-order valence-electron chi connectivity index (χ2n) is 10.5. The summed E-state index contributed by atoms with van der Waals surface area (Å²) in [6, 6.07) is 23.7. The molecule has 2 amide bonds. The summed E-state index contributed by atoms with van der Waals surface area (Å²) in [7, 11) is 2.18. The highest BCUT2D eigenvalue weighted by atomic mass is 16.6. The number of amides is 2. The fourth-order valence-electron chi connectivity index (χ4n) is 5.12. The number of hydrogen-bond donors (Lipinski definition) is 2. The van der Waals surface area contributed by atoms with Crippen LogP contribution in [0, 0.1) is 0 Å². The average molecular weight is 547 g/mol. The van der Waals surface area contributed by atoms with Crippen molar-refractivity contribution in [3.05, 3.63) is 95.6 Å². The molecule has 2 heterocycles. The number of morpholine rings is 1. The van der Waals surface area contributed by atoms with E-state index < -0.39 is 18.2 Å². The topological polar surface area (TPSA) is 97.3 Å². The molecule has 9 heteroatoms. The Labute approximate surface area is 234 Å². The van der Waals surface area contributed by atoms with E-state index in [4.69, 9.17) is 14.2 Å². The van der Waals surface area contributed by atoms with Crippen LogP contribution in [0.1, 0.15) is 27.5 Å². The zero-order valence-electron chi connectivity index (χ0n) is 22.7. The Morgan fingerprint density at radius 1 is 1.02 bits per heavy atom. The number of cyclic esters (lactones) is 1. The van der Waals surface area contributed by atoms with Crippen molar-refractivity contribution in [2.75, 3.05) is 57.9 Å². The lowest BCUT2D eigenvalue weighted by Crippen LogP contribution is -2.54. The number of hydrogen-bond acceptors (Lipinski definition) is 6. The second-order valence-corrected chi connectivity index (χ2v) is 10.5. The van der Waals surface area contributed by atoms with Crippen LogP contribution >= 0.6 is 0 Å². The van der Waals surface area contributed by atoms with Gasteiger partial charge < -0.3 is 29.1 Å². The number of carbonyl (C=O) groups excluding carboxylic acids is 2. The van der Waals surface area contributed by atoms with Crippen LogP contribution < -0.4 is 15.0 Å². The molecule has 0 radical (unpaired) electrons. The van der Waals surface area contributed by atoms with Gasteiger partial charge in [-0.1, -0.05) is 42.5 Å². The van der Waals surface area contributed by atoms with Gasteiger partial charge in [0.2, 0.25) is 0 Å². The maximum Gasteiger partial charge on any atom is 0.415 e. The highest BCUT2D eigenvalue weighted by Gasteiger charge is 2.43. The lowest BCUT2D eigenvalue weighted by atomic mass is 10.00. The molecule has 2 atom stereocenters. The largest absolute Gasteiger partial charge is 0.489 e. The number of nitrogens with zero attached hydrogens (tertiary/aromatic N) is 2. The van der Waals surface area contributed by atoms with Crippen LogP contribution in [0.25, 0.3) is 0 Å². The van der Waals surface area contributed by atoms with E-state index in [9.17, 15) is 14.7 Å². The van der Waals surface area contributed by atoms with Crippen molar-refractivity contribution in [2.45, 2.75) is 18.8 Å².